The normalized spacial score (nSPS) is 10.8. The largest absolute Gasteiger partial charge is 0.497 e. The maximum absolute atomic E-state index is 13.6. The first-order chi connectivity index (χ1) is 45.8. The van der Waals surface area contributed by atoms with Gasteiger partial charge in [-0.25, -0.2) is 15.0 Å². The molecule has 0 aliphatic heterocycles. The zero-order valence-electron chi connectivity index (χ0n) is 52.6. The second-order valence-corrected chi connectivity index (χ2v) is 23.6. The topological polar surface area (TPSA) is 253 Å². The van der Waals surface area contributed by atoms with Crippen LogP contribution in [0.4, 0.5) is 11.4 Å². The monoisotopic (exact) mass is 1520 g/mol. The average Bonchev–Trinajstić information content (AvgIpc) is 0.907. The van der Waals surface area contributed by atoms with Crippen molar-refractivity contribution in [2.45, 2.75) is 13.1 Å². The molecule has 0 aliphatic rings. The predicted molar refractivity (Wildman–Crippen MR) is 404 cm³/mol. The van der Waals surface area contributed by atoms with Gasteiger partial charge in [0.2, 0.25) is 0 Å². The molecule has 14 aromatic rings. The van der Waals surface area contributed by atoms with Crippen LogP contribution in [0.1, 0.15) is 11.1 Å². The molecule has 0 amide bonds. The number of benzene rings is 8. The molecule has 0 radical (unpaired) electrons. The van der Waals surface area contributed by atoms with E-state index < -0.39 is 0 Å². The third kappa shape index (κ3) is 15.0. The van der Waals surface area contributed by atoms with Crippen LogP contribution in [0.3, 0.4) is 0 Å². The Hall–Kier alpha value is -8.97. The summed E-state index contributed by atoms with van der Waals surface area (Å²) in [5, 5.41) is 7.99. The van der Waals surface area contributed by atoms with E-state index >= 15 is 0 Å². The smallest absolute Gasteiger partial charge is 0.263 e. The number of pyridine rings is 3. The number of halogens is 7. The van der Waals surface area contributed by atoms with E-state index in [-0.39, 0.29) is 46.0 Å². The number of para-hydroxylation sites is 6. The second kappa shape index (κ2) is 31.7. The van der Waals surface area contributed by atoms with E-state index in [1.807, 2.05) is 121 Å². The summed E-state index contributed by atoms with van der Waals surface area (Å²) in [4.78, 5) is 62.4. The van der Waals surface area contributed by atoms with Crippen LogP contribution in [0.15, 0.2) is 178 Å². The van der Waals surface area contributed by atoms with Crippen molar-refractivity contribution in [3.05, 3.63) is 226 Å². The number of nitrogen functional groups attached to an aromatic ring is 1. The summed E-state index contributed by atoms with van der Waals surface area (Å²) in [6, 6.07) is 50.1. The molecule has 0 atom stereocenters. The number of aryl methyl sites for hydroxylation is 3. The molecular weight excluding hydrogens is 1460 g/mol. The van der Waals surface area contributed by atoms with Crippen molar-refractivity contribution in [2.24, 2.45) is 26.9 Å². The van der Waals surface area contributed by atoms with Crippen molar-refractivity contribution in [1.29, 1.82) is 0 Å². The molecule has 8 aromatic carbocycles. The number of aromatic nitrogens is 9. The van der Waals surface area contributed by atoms with Crippen molar-refractivity contribution >= 4 is 171 Å². The van der Waals surface area contributed by atoms with Gasteiger partial charge in [0, 0.05) is 88.7 Å². The summed E-state index contributed by atoms with van der Waals surface area (Å²) < 4.78 is 25.8. The number of hydrogen-bond acceptors (Lipinski definition) is 13. The predicted octanol–water partition coefficient (Wildman–Crippen LogP) is 16.3. The first-order valence-corrected chi connectivity index (χ1v) is 31.6. The number of alkyl halides is 2. The Labute approximate surface area is 596 Å². The average molecular weight is 1520 g/mol. The molecule has 0 spiro atoms. The minimum absolute atomic E-state index is 0. The summed E-state index contributed by atoms with van der Waals surface area (Å²) >= 11 is 34.6. The van der Waals surface area contributed by atoms with Gasteiger partial charge in [-0.2, -0.15) is 0 Å². The number of nitrogens with one attached hydrogen (secondary N) is 4. The van der Waals surface area contributed by atoms with E-state index in [0.717, 1.165) is 88.4 Å². The molecule has 0 aliphatic carbocycles. The van der Waals surface area contributed by atoms with Crippen molar-refractivity contribution in [3.63, 3.8) is 0 Å². The molecule has 26 heteroatoms. The molecule has 14 rings (SSSR count). The maximum Gasteiger partial charge on any atom is 0.263 e. The number of imidazole rings is 3. The molecule has 19 nitrogen and oxygen atoms in total. The summed E-state index contributed by atoms with van der Waals surface area (Å²) in [7, 11) is 11.6. The van der Waals surface area contributed by atoms with Gasteiger partial charge in [-0.3, -0.25) is 14.4 Å². The lowest BCUT2D eigenvalue weighted by atomic mass is 10.1. The molecule has 0 bridgehead atoms. The van der Waals surface area contributed by atoms with Gasteiger partial charge in [-0.15, -0.1) is 47.2 Å². The Bertz CT molecular complexity index is 5080. The van der Waals surface area contributed by atoms with E-state index in [9.17, 15) is 14.4 Å². The lowest BCUT2D eigenvalue weighted by molar-refractivity contribution is 0.391. The lowest BCUT2D eigenvalue weighted by Gasteiger charge is -2.18. The fraction of sp³-hybridized carbons (Fsp3) is 0.143. The zero-order valence-corrected chi connectivity index (χ0v) is 59.4. The Balaban J connectivity index is 0.000000155. The van der Waals surface area contributed by atoms with Gasteiger partial charge in [-0.1, -0.05) is 88.9 Å². The minimum Gasteiger partial charge on any atom is -0.497 e. The highest BCUT2D eigenvalue weighted by Gasteiger charge is 2.23. The van der Waals surface area contributed by atoms with Crippen LogP contribution in [-0.4, -0.2) is 77.4 Å². The Morgan fingerprint density at radius 3 is 1.29 bits per heavy atom. The molecule has 0 fully saturated rings. The van der Waals surface area contributed by atoms with Crippen LogP contribution in [0.25, 0.3) is 100.0 Å². The third-order valence-corrected chi connectivity index (χ3v) is 16.7. The van der Waals surface area contributed by atoms with Crippen molar-refractivity contribution in [2.75, 3.05) is 44.8 Å². The maximum atomic E-state index is 13.6. The van der Waals surface area contributed by atoms with Crippen LogP contribution >= 0.6 is 93.6 Å². The van der Waals surface area contributed by atoms with Gasteiger partial charge < -0.3 is 64.4 Å². The third-order valence-electron chi connectivity index (χ3n) is 15.6. The van der Waals surface area contributed by atoms with Gasteiger partial charge in [-0.05, 0) is 109 Å². The molecular formula is C70H63Cl6IN12O7. The standard InChI is InChI=1S/C26H23ClN4O3.C17H11Cl2N3O.C17H13ClN4O.C9H13NO2.CH2Cl2.HI/c1-31-21-11-9-16(27)12-18(21)24(28-14-15-8-10-17(33-2)13-22(15)34-3)23(26(31)32)25-29-19-6-4-5-7-20(19)30-25;2*1-22-13-7-6-9(18)8-10(13)15(19)14(17(22)23)16-20-11-4-2-3-5-12(11)21-16;1-11-8-4-3-7(6-10)9(5-8)12-2;2-1-3;/h4-13,28H,14H2,1-3H3,(H,29,30);2-8H,1H3,(H,20,21);2-8H,19H2,1H3,(H,20,21);3-5H,6,10H2,1-2H3;1H2;1H. The van der Waals surface area contributed by atoms with E-state index in [4.69, 9.17) is 105 Å². The number of H-pyrrole nitrogens is 3. The number of nitrogens with zero attached hydrogens (tertiary/aromatic N) is 6. The number of rotatable bonds is 11. The number of anilines is 2. The fourth-order valence-electron chi connectivity index (χ4n) is 10.8. The van der Waals surface area contributed by atoms with Gasteiger partial charge >= 0.3 is 0 Å². The van der Waals surface area contributed by atoms with Crippen LogP contribution in [0.2, 0.25) is 20.1 Å². The van der Waals surface area contributed by atoms with Crippen molar-refractivity contribution in [3.8, 4) is 57.2 Å². The molecule has 96 heavy (non-hydrogen) atoms. The molecule has 8 N–H and O–H groups in total. The summed E-state index contributed by atoms with van der Waals surface area (Å²) in [6.45, 7) is 0.891. The quantitative estimate of drug-likeness (QED) is 0.0521. The Morgan fingerprint density at radius 1 is 0.469 bits per heavy atom. The van der Waals surface area contributed by atoms with Gasteiger partial charge in [0.05, 0.1) is 99.8 Å². The highest BCUT2D eigenvalue weighted by molar-refractivity contribution is 14.0. The van der Waals surface area contributed by atoms with Crippen molar-refractivity contribution in [1.82, 2.24) is 43.6 Å². The van der Waals surface area contributed by atoms with Crippen LogP contribution in [0.5, 0.6) is 23.0 Å². The number of fused-ring (bicyclic) bond motifs is 6. The number of methoxy groups -OCH3 is 4. The van der Waals surface area contributed by atoms with Crippen LogP contribution in [0, 0.1) is 0 Å². The first-order valence-electron chi connectivity index (χ1n) is 29.1. The van der Waals surface area contributed by atoms with Crippen LogP contribution < -0.4 is 52.4 Å². The molecule has 0 saturated carbocycles. The molecule has 494 valence electrons. The van der Waals surface area contributed by atoms with Gasteiger partial charge in [0.15, 0.2) is 0 Å². The van der Waals surface area contributed by atoms with E-state index in [1.54, 1.807) is 106 Å². The second-order valence-electron chi connectivity index (χ2n) is 21.1. The number of hydrogen-bond donors (Lipinski definition) is 6. The molecule has 6 aromatic heterocycles. The molecule has 0 unspecified atom stereocenters. The Kier molecular flexibility index (Phi) is 23.6. The number of ether oxygens (including phenoxy) is 4. The zero-order chi connectivity index (χ0) is 67.8. The SMILES string of the molecule is COc1ccc(CN)c(OC)c1.COc1ccc(CNc2c(-c3nc4ccccc4[nH]3)c(=O)n(C)c3ccc(Cl)cc23)c(OC)c1.ClCCl.Cn1c(=O)c(-c2nc3ccccc3[nH]2)c(Cl)c2cc(Cl)ccc21.Cn1c(=O)c(-c2nc3ccccc3[nH]2)c(N)c2cc(Cl)ccc21.I. The minimum atomic E-state index is -0.205. The molecule has 6 heterocycles. The highest BCUT2D eigenvalue weighted by Crippen LogP contribution is 2.37. The first kappa shape index (κ1) is 71.3. The summed E-state index contributed by atoms with van der Waals surface area (Å²) in [5.41, 5.74) is 22.4. The summed E-state index contributed by atoms with van der Waals surface area (Å²) in [5.74, 6) is 4.36. The fourth-order valence-corrected chi connectivity index (χ4v) is 11.6. The van der Waals surface area contributed by atoms with E-state index in [2.05, 4.69) is 30.2 Å². The van der Waals surface area contributed by atoms with Crippen LogP contribution in [-0.2, 0) is 34.2 Å². The van der Waals surface area contributed by atoms with E-state index in [1.165, 1.54) is 0 Å². The lowest BCUT2D eigenvalue weighted by Crippen LogP contribution is -2.22. The van der Waals surface area contributed by atoms with Gasteiger partial charge in [0.1, 0.15) is 57.2 Å². The molecule has 0 saturated heterocycles. The highest BCUT2D eigenvalue weighted by atomic mass is 127. The van der Waals surface area contributed by atoms with Crippen molar-refractivity contribution < 1.29 is 18.9 Å². The summed E-state index contributed by atoms with van der Waals surface area (Å²) in [6.07, 6.45) is 0. The Morgan fingerprint density at radius 2 is 0.844 bits per heavy atom. The number of aromatic amines is 3. The number of nitrogens with two attached hydrogens (primary N) is 2. The van der Waals surface area contributed by atoms with Gasteiger partial charge in [0.25, 0.3) is 16.7 Å². The van der Waals surface area contributed by atoms with E-state index in [0.29, 0.717) is 90.2 Å².